The van der Waals surface area contributed by atoms with E-state index in [9.17, 15) is 4.79 Å². The molecule has 0 saturated heterocycles. The fourth-order valence-corrected chi connectivity index (χ4v) is 2.66. The van der Waals surface area contributed by atoms with Gasteiger partial charge in [-0.2, -0.15) is 0 Å². The van der Waals surface area contributed by atoms with Gasteiger partial charge in [0, 0.05) is 13.5 Å². The van der Waals surface area contributed by atoms with E-state index in [1.807, 2.05) is 24.3 Å². The molecule has 0 radical (unpaired) electrons. The summed E-state index contributed by atoms with van der Waals surface area (Å²) >= 11 is 0. The third-order valence-corrected chi connectivity index (χ3v) is 4.10. The Kier molecular flexibility index (Phi) is 11.9. The fraction of sp³-hybridized carbons (Fsp3) is 0.650. The van der Waals surface area contributed by atoms with E-state index < -0.39 is 0 Å². The average Bonchev–Trinajstić information content (AvgIpc) is 2.65. The number of rotatable bonds is 15. The van der Waals surface area contributed by atoms with Gasteiger partial charge in [-0.3, -0.25) is 0 Å². The van der Waals surface area contributed by atoms with E-state index in [0.717, 1.165) is 43.3 Å². The zero-order chi connectivity index (χ0) is 18.3. The van der Waals surface area contributed by atoms with Gasteiger partial charge in [0.15, 0.2) is 0 Å². The van der Waals surface area contributed by atoms with Crippen molar-refractivity contribution in [3.63, 3.8) is 0 Å². The van der Waals surface area contributed by atoms with Crippen LogP contribution in [0, 0.1) is 0 Å². The molecule has 2 atom stereocenters. The monoisotopic (exact) mass is 352 g/mol. The molecule has 0 aliphatic rings. The van der Waals surface area contributed by atoms with Gasteiger partial charge < -0.3 is 23.7 Å². The summed E-state index contributed by atoms with van der Waals surface area (Å²) in [6.45, 7) is 2.90. The Morgan fingerprint density at radius 1 is 1.00 bits per heavy atom. The van der Waals surface area contributed by atoms with Crippen LogP contribution in [-0.2, 0) is 25.6 Å². The molecule has 0 bridgehead atoms. The van der Waals surface area contributed by atoms with Crippen molar-refractivity contribution in [1.82, 2.24) is 0 Å². The van der Waals surface area contributed by atoms with Crippen molar-refractivity contribution in [2.75, 3.05) is 21.0 Å². The number of carbonyl (C=O) groups excluding carboxylic acids is 1. The molecule has 0 aliphatic carbocycles. The Hall–Kier alpha value is -1.43. The van der Waals surface area contributed by atoms with Crippen molar-refractivity contribution in [3.8, 4) is 5.75 Å². The molecule has 0 spiro atoms. The van der Waals surface area contributed by atoms with Crippen LogP contribution in [0.1, 0.15) is 51.0 Å². The van der Waals surface area contributed by atoms with Crippen LogP contribution < -0.4 is 4.74 Å². The minimum absolute atomic E-state index is 0.0521. The van der Waals surface area contributed by atoms with Crippen molar-refractivity contribution in [2.24, 2.45) is 0 Å². The fourth-order valence-electron chi connectivity index (χ4n) is 2.66. The molecule has 142 valence electrons. The van der Waals surface area contributed by atoms with Crippen LogP contribution in [0.5, 0.6) is 5.75 Å². The van der Waals surface area contributed by atoms with Gasteiger partial charge in [0.25, 0.3) is 0 Å². The molecule has 1 rings (SSSR count). The standard InChI is InChI=1S/C20H32O5/c1-4-5-6-8-19(20(9-7-14-21)25-16-22-2)24-15-17-10-12-18(23-3)13-11-17/h10-14,19-20H,4-9,15-16H2,1-3H3/t19-,20+/m1/s1. The van der Waals surface area contributed by atoms with Crippen molar-refractivity contribution >= 4 is 6.29 Å². The van der Waals surface area contributed by atoms with Gasteiger partial charge in [0.05, 0.1) is 25.9 Å². The van der Waals surface area contributed by atoms with Gasteiger partial charge in [0.1, 0.15) is 18.8 Å². The first-order chi connectivity index (χ1) is 12.2. The van der Waals surface area contributed by atoms with E-state index in [0.29, 0.717) is 19.4 Å². The molecule has 25 heavy (non-hydrogen) atoms. The predicted molar refractivity (Wildman–Crippen MR) is 97.8 cm³/mol. The molecule has 1 aromatic rings. The Morgan fingerprint density at radius 3 is 2.32 bits per heavy atom. The highest BCUT2D eigenvalue weighted by Gasteiger charge is 2.22. The van der Waals surface area contributed by atoms with Gasteiger partial charge in [-0.05, 0) is 30.5 Å². The zero-order valence-corrected chi connectivity index (χ0v) is 15.7. The largest absolute Gasteiger partial charge is 0.497 e. The number of unbranched alkanes of at least 4 members (excludes halogenated alkanes) is 2. The topological polar surface area (TPSA) is 54.0 Å². The van der Waals surface area contributed by atoms with Gasteiger partial charge in [-0.1, -0.05) is 38.3 Å². The number of hydrogen-bond acceptors (Lipinski definition) is 5. The normalized spacial score (nSPS) is 13.4. The van der Waals surface area contributed by atoms with Crippen LogP contribution in [0.3, 0.4) is 0 Å². The number of carbonyl (C=O) groups is 1. The van der Waals surface area contributed by atoms with E-state index in [2.05, 4.69) is 6.92 Å². The molecular weight excluding hydrogens is 320 g/mol. The predicted octanol–water partition coefficient (Wildman–Crippen LogP) is 4.13. The van der Waals surface area contributed by atoms with E-state index in [1.54, 1.807) is 14.2 Å². The molecule has 0 aliphatic heterocycles. The Balaban J connectivity index is 2.67. The van der Waals surface area contributed by atoms with E-state index in [-0.39, 0.29) is 19.0 Å². The summed E-state index contributed by atoms with van der Waals surface area (Å²) in [5.41, 5.74) is 1.09. The molecule has 5 nitrogen and oxygen atoms in total. The Morgan fingerprint density at radius 2 is 1.72 bits per heavy atom. The lowest BCUT2D eigenvalue weighted by atomic mass is 10.0. The summed E-state index contributed by atoms with van der Waals surface area (Å²) in [4.78, 5) is 10.8. The van der Waals surface area contributed by atoms with Crippen molar-refractivity contribution in [3.05, 3.63) is 29.8 Å². The van der Waals surface area contributed by atoms with Crippen LogP contribution in [0.2, 0.25) is 0 Å². The molecule has 0 saturated carbocycles. The lowest BCUT2D eigenvalue weighted by molar-refractivity contribution is -0.138. The van der Waals surface area contributed by atoms with Crippen LogP contribution in [0.4, 0.5) is 0 Å². The van der Waals surface area contributed by atoms with E-state index in [4.69, 9.17) is 18.9 Å². The third-order valence-electron chi connectivity index (χ3n) is 4.10. The molecule has 0 fully saturated rings. The maximum atomic E-state index is 10.8. The third kappa shape index (κ3) is 9.00. The summed E-state index contributed by atoms with van der Waals surface area (Å²) in [5.74, 6) is 0.829. The van der Waals surface area contributed by atoms with Crippen molar-refractivity contribution in [1.29, 1.82) is 0 Å². The van der Waals surface area contributed by atoms with Crippen LogP contribution in [-0.4, -0.2) is 39.5 Å². The number of ether oxygens (including phenoxy) is 4. The lowest BCUT2D eigenvalue weighted by Crippen LogP contribution is -2.32. The van der Waals surface area contributed by atoms with Gasteiger partial charge in [0.2, 0.25) is 0 Å². The minimum Gasteiger partial charge on any atom is -0.497 e. The summed E-state index contributed by atoms with van der Waals surface area (Å²) in [6.07, 6.45) is 6.15. The summed E-state index contributed by atoms with van der Waals surface area (Å²) in [7, 11) is 3.25. The summed E-state index contributed by atoms with van der Waals surface area (Å²) in [6, 6.07) is 7.85. The second-order valence-electron chi connectivity index (χ2n) is 6.05. The first kappa shape index (κ1) is 21.6. The number of benzene rings is 1. The van der Waals surface area contributed by atoms with Crippen LogP contribution in [0.15, 0.2) is 24.3 Å². The highest BCUT2D eigenvalue weighted by atomic mass is 16.7. The van der Waals surface area contributed by atoms with Gasteiger partial charge in [-0.15, -0.1) is 0 Å². The van der Waals surface area contributed by atoms with E-state index in [1.165, 1.54) is 0 Å². The SMILES string of the molecule is CCCCC[C@@H](OCc1ccc(OC)cc1)[C@H](CCC=O)OCOC. The minimum atomic E-state index is -0.139. The highest BCUT2D eigenvalue weighted by molar-refractivity contribution is 5.49. The first-order valence-electron chi connectivity index (χ1n) is 9.03. The van der Waals surface area contributed by atoms with Gasteiger partial charge >= 0.3 is 0 Å². The number of methoxy groups -OCH3 is 2. The average molecular weight is 352 g/mol. The highest BCUT2D eigenvalue weighted by Crippen LogP contribution is 2.20. The molecule has 0 heterocycles. The molecule has 0 N–H and O–H groups in total. The number of hydrogen-bond donors (Lipinski definition) is 0. The molecule has 5 heteroatoms. The van der Waals surface area contributed by atoms with Crippen LogP contribution >= 0.6 is 0 Å². The van der Waals surface area contributed by atoms with Gasteiger partial charge in [-0.25, -0.2) is 0 Å². The first-order valence-corrected chi connectivity index (χ1v) is 9.03. The quantitative estimate of drug-likeness (QED) is 0.270. The second-order valence-corrected chi connectivity index (χ2v) is 6.05. The lowest BCUT2D eigenvalue weighted by Gasteiger charge is -2.27. The summed E-state index contributed by atoms with van der Waals surface area (Å²) in [5, 5.41) is 0. The van der Waals surface area contributed by atoms with Crippen molar-refractivity contribution < 1.29 is 23.7 Å². The summed E-state index contributed by atoms with van der Waals surface area (Å²) < 4.78 is 22.2. The second kappa shape index (κ2) is 13.8. The molecule has 0 unspecified atom stereocenters. The maximum absolute atomic E-state index is 10.8. The molecular formula is C20H32O5. The zero-order valence-electron chi connectivity index (χ0n) is 15.7. The molecule has 0 aromatic heterocycles. The molecule has 0 amide bonds. The van der Waals surface area contributed by atoms with Crippen molar-refractivity contribution in [2.45, 2.75) is 64.3 Å². The Labute approximate surface area is 151 Å². The number of aldehydes is 1. The van der Waals surface area contributed by atoms with Crippen LogP contribution in [0.25, 0.3) is 0 Å². The smallest absolute Gasteiger partial charge is 0.146 e. The Bertz CT molecular complexity index is 446. The van der Waals surface area contributed by atoms with E-state index >= 15 is 0 Å². The maximum Gasteiger partial charge on any atom is 0.146 e. The molecule has 1 aromatic carbocycles.